The number of carbonyl (C=O) groups excluding carboxylic acids is 1. The Labute approximate surface area is 75.9 Å². The van der Waals surface area contributed by atoms with Crippen LogP contribution in [0, 0.1) is 11.2 Å². The van der Waals surface area contributed by atoms with Crippen LogP contribution in [-0.4, -0.2) is 12.0 Å². The molecule has 0 unspecified atom stereocenters. The molecule has 1 rings (SSSR count). The van der Waals surface area contributed by atoms with Gasteiger partial charge in [0, 0.05) is 5.71 Å². The minimum atomic E-state index is -0.564. The van der Waals surface area contributed by atoms with Crippen LogP contribution in [0.4, 0.5) is 4.39 Å². The van der Waals surface area contributed by atoms with Crippen molar-refractivity contribution in [2.75, 3.05) is 0 Å². The molecular weight excluding hydrogens is 169 g/mol. The molecule has 0 aromatic heterocycles. The second-order valence-corrected chi connectivity index (χ2v) is 2.69. The first kappa shape index (κ1) is 9.58. The summed E-state index contributed by atoms with van der Waals surface area (Å²) < 4.78 is 13.0. The maximum absolute atomic E-state index is 13.0. The van der Waals surface area contributed by atoms with Crippen LogP contribution in [0.3, 0.4) is 0 Å². The van der Waals surface area contributed by atoms with Crippen molar-refractivity contribution < 1.29 is 9.18 Å². The smallest absolute Gasteiger partial charge is 0.152 e. The number of benzene rings is 1. The van der Waals surface area contributed by atoms with E-state index in [2.05, 4.69) is 0 Å². The number of nitrogens with one attached hydrogen (secondary N) is 1. The zero-order valence-corrected chi connectivity index (χ0v) is 7.30. The molecule has 0 spiro atoms. The average molecular weight is 179 g/mol. The quantitative estimate of drug-likeness (QED) is 0.561. The van der Waals surface area contributed by atoms with E-state index < -0.39 is 5.82 Å². The van der Waals surface area contributed by atoms with Crippen molar-refractivity contribution in [3.05, 3.63) is 35.1 Å². The van der Waals surface area contributed by atoms with E-state index in [0.717, 1.165) is 0 Å². The Hall–Kier alpha value is -1.51. The molecule has 68 valence electrons. The monoisotopic (exact) mass is 179 g/mol. The summed E-state index contributed by atoms with van der Waals surface area (Å²) in [5.41, 5.74) is 0.939. The van der Waals surface area contributed by atoms with Crippen LogP contribution in [0.1, 0.15) is 29.3 Å². The van der Waals surface area contributed by atoms with Crippen molar-refractivity contribution in [3.63, 3.8) is 0 Å². The highest BCUT2D eigenvalue weighted by molar-refractivity contribution is 5.98. The lowest BCUT2D eigenvalue weighted by Crippen LogP contribution is -1.98. The Kier molecular flexibility index (Phi) is 2.90. The van der Waals surface area contributed by atoms with Gasteiger partial charge in [-0.25, -0.2) is 4.39 Å². The second-order valence-electron chi connectivity index (χ2n) is 2.69. The van der Waals surface area contributed by atoms with Crippen LogP contribution in [0.25, 0.3) is 0 Å². The number of aldehydes is 1. The highest BCUT2D eigenvalue weighted by atomic mass is 19.1. The molecule has 0 saturated heterocycles. The number of carbonyl (C=O) groups is 1. The molecule has 0 fully saturated rings. The lowest BCUT2D eigenvalue weighted by molar-refractivity contribution is 0.112. The van der Waals surface area contributed by atoms with E-state index in [9.17, 15) is 9.18 Å². The van der Waals surface area contributed by atoms with Gasteiger partial charge in [-0.1, -0.05) is 13.0 Å². The SMILES string of the molecule is CCC(=N)c1ccc(C=O)c(F)c1. The molecule has 0 atom stereocenters. The standard InChI is InChI=1S/C10H10FNO/c1-2-10(12)7-3-4-8(6-13)9(11)5-7/h3-6,12H,2H2,1H3. The van der Waals surface area contributed by atoms with Gasteiger partial charge in [0.25, 0.3) is 0 Å². The number of halogens is 1. The van der Waals surface area contributed by atoms with E-state index in [1.54, 1.807) is 6.07 Å². The van der Waals surface area contributed by atoms with Gasteiger partial charge in [-0.2, -0.15) is 0 Å². The summed E-state index contributed by atoms with van der Waals surface area (Å²) in [6, 6.07) is 4.19. The van der Waals surface area contributed by atoms with Gasteiger partial charge in [0.15, 0.2) is 6.29 Å². The van der Waals surface area contributed by atoms with Crippen molar-refractivity contribution in [1.29, 1.82) is 5.41 Å². The summed E-state index contributed by atoms with van der Waals surface area (Å²) >= 11 is 0. The van der Waals surface area contributed by atoms with E-state index in [-0.39, 0.29) is 5.56 Å². The minimum Gasteiger partial charge on any atom is -0.305 e. The van der Waals surface area contributed by atoms with E-state index in [4.69, 9.17) is 5.41 Å². The van der Waals surface area contributed by atoms with Gasteiger partial charge in [0.05, 0.1) is 5.56 Å². The molecule has 2 nitrogen and oxygen atoms in total. The zero-order chi connectivity index (χ0) is 9.84. The molecule has 0 heterocycles. The molecule has 13 heavy (non-hydrogen) atoms. The fourth-order valence-electron chi connectivity index (χ4n) is 1.01. The summed E-state index contributed by atoms with van der Waals surface area (Å²) in [6.07, 6.45) is 1.02. The molecule has 1 aromatic carbocycles. The Bertz CT molecular complexity index is 347. The third kappa shape index (κ3) is 1.99. The van der Waals surface area contributed by atoms with Crippen molar-refractivity contribution in [1.82, 2.24) is 0 Å². The van der Waals surface area contributed by atoms with Crippen molar-refractivity contribution in [3.8, 4) is 0 Å². The highest BCUT2D eigenvalue weighted by Gasteiger charge is 2.04. The summed E-state index contributed by atoms with van der Waals surface area (Å²) in [4.78, 5) is 10.3. The second kappa shape index (κ2) is 3.94. The van der Waals surface area contributed by atoms with Crippen molar-refractivity contribution >= 4 is 12.0 Å². The summed E-state index contributed by atoms with van der Waals surface area (Å²) in [7, 11) is 0. The maximum atomic E-state index is 13.0. The minimum absolute atomic E-state index is 0.0349. The van der Waals surface area contributed by atoms with E-state index in [1.165, 1.54) is 12.1 Å². The molecule has 0 radical (unpaired) electrons. The molecule has 0 aliphatic carbocycles. The highest BCUT2D eigenvalue weighted by Crippen LogP contribution is 2.10. The fourth-order valence-corrected chi connectivity index (χ4v) is 1.01. The summed E-state index contributed by atoms with van der Waals surface area (Å²) in [5, 5.41) is 7.45. The Balaban J connectivity index is 3.09. The molecule has 1 aromatic rings. The van der Waals surface area contributed by atoms with Gasteiger partial charge in [0.1, 0.15) is 5.82 Å². The third-order valence-electron chi connectivity index (χ3n) is 1.83. The molecule has 0 bridgehead atoms. The molecular formula is C10H10FNO. The van der Waals surface area contributed by atoms with Crippen LogP contribution in [0.2, 0.25) is 0 Å². The largest absolute Gasteiger partial charge is 0.305 e. The van der Waals surface area contributed by atoms with Crippen LogP contribution in [0.5, 0.6) is 0 Å². The molecule has 0 aliphatic heterocycles. The third-order valence-corrected chi connectivity index (χ3v) is 1.83. The van der Waals surface area contributed by atoms with Gasteiger partial charge < -0.3 is 5.41 Å². The Morgan fingerprint density at radius 2 is 2.31 bits per heavy atom. The lowest BCUT2D eigenvalue weighted by Gasteiger charge is -2.01. The first-order valence-corrected chi connectivity index (χ1v) is 4.01. The predicted molar refractivity (Wildman–Crippen MR) is 48.9 cm³/mol. The number of hydrogen-bond donors (Lipinski definition) is 1. The molecule has 0 saturated carbocycles. The molecule has 3 heteroatoms. The van der Waals surface area contributed by atoms with Gasteiger partial charge >= 0.3 is 0 Å². The van der Waals surface area contributed by atoms with E-state index in [0.29, 0.717) is 24.0 Å². The Morgan fingerprint density at radius 1 is 1.62 bits per heavy atom. The van der Waals surface area contributed by atoms with Crippen LogP contribution < -0.4 is 0 Å². The average Bonchev–Trinajstić information content (AvgIpc) is 2.16. The fraction of sp³-hybridized carbons (Fsp3) is 0.200. The van der Waals surface area contributed by atoms with Gasteiger partial charge in [0.2, 0.25) is 0 Å². The van der Waals surface area contributed by atoms with Gasteiger partial charge in [-0.15, -0.1) is 0 Å². The van der Waals surface area contributed by atoms with Gasteiger partial charge in [-0.05, 0) is 24.1 Å². The first-order chi connectivity index (χ1) is 6.19. The van der Waals surface area contributed by atoms with Gasteiger partial charge in [-0.3, -0.25) is 4.79 Å². The molecule has 1 N–H and O–H groups in total. The molecule has 0 aliphatic rings. The Morgan fingerprint density at radius 3 is 2.77 bits per heavy atom. The number of hydrogen-bond acceptors (Lipinski definition) is 2. The van der Waals surface area contributed by atoms with Crippen molar-refractivity contribution in [2.24, 2.45) is 0 Å². The van der Waals surface area contributed by atoms with E-state index in [1.807, 2.05) is 6.92 Å². The first-order valence-electron chi connectivity index (χ1n) is 4.01. The lowest BCUT2D eigenvalue weighted by atomic mass is 10.1. The summed E-state index contributed by atoms with van der Waals surface area (Å²) in [6.45, 7) is 1.83. The topological polar surface area (TPSA) is 40.9 Å². The van der Waals surface area contributed by atoms with Crippen LogP contribution >= 0.6 is 0 Å². The normalized spacial score (nSPS) is 9.69. The predicted octanol–water partition coefficient (Wildman–Crippen LogP) is 2.42. The zero-order valence-electron chi connectivity index (χ0n) is 7.30. The van der Waals surface area contributed by atoms with Crippen molar-refractivity contribution in [2.45, 2.75) is 13.3 Å². The molecule has 0 amide bonds. The summed E-state index contributed by atoms with van der Waals surface area (Å²) in [5.74, 6) is -0.564. The maximum Gasteiger partial charge on any atom is 0.152 e. The van der Waals surface area contributed by atoms with E-state index >= 15 is 0 Å². The van der Waals surface area contributed by atoms with Crippen LogP contribution in [0.15, 0.2) is 18.2 Å². The van der Waals surface area contributed by atoms with Crippen LogP contribution in [-0.2, 0) is 0 Å². The number of rotatable bonds is 3.